The molecule has 2 aromatic carbocycles. The van der Waals surface area contributed by atoms with E-state index in [1.54, 1.807) is 4.68 Å². The van der Waals surface area contributed by atoms with E-state index in [0.29, 0.717) is 18.1 Å². The van der Waals surface area contributed by atoms with Gasteiger partial charge in [0.1, 0.15) is 12.4 Å². The number of amides is 3. The van der Waals surface area contributed by atoms with E-state index in [2.05, 4.69) is 31.4 Å². The lowest BCUT2D eigenvalue weighted by Crippen LogP contribution is -2.41. The summed E-state index contributed by atoms with van der Waals surface area (Å²) in [6, 6.07) is 15.4. The Bertz CT molecular complexity index is 1190. The zero-order chi connectivity index (χ0) is 25.8. The van der Waals surface area contributed by atoms with Crippen LogP contribution >= 0.6 is 0 Å². The number of carbonyl (C=O) groups excluding carboxylic acids is 2. The second kappa shape index (κ2) is 10.8. The Hall–Kier alpha value is -3.61. The molecule has 0 bridgehead atoms. The van der Waals surface area contributed by atoms with Gasteiger partial charge >= 0.3 is 6.03 Å². The molecular weight excluding hydrogens is 438 g/mol. The molecule has 1 heterocycles. The first-order valence-corrected chi connectivity index (χ1v) is 12.1. The molecule has 0 aliphatic carbocycles. The van der Waals surface area contributed by atoms with Gasteiger partial charge in [-0.15, -0.1) is 0 Å². The van der Waals surface area contributed by atoms with Crippen LogP contribution in [0.1, 0.15) is 56.5 Å². The Labute approximate surface area is 208 Å². The molecule has 2 N–H and O–H groups in total. The maximum atomic E-state index is 13.1. The molecule has 0 unspecified atom stereocenters. The predicted molar refractivity (Wildman–Crippen MR) is 142 cm³/mol. The minimum Gasteiger partial charge on any atom is -0.315 e. The molecule has 0 atom stereocenters. The molecule has 7 heteroatoms. The van der Waals surface area contributed by atoms with Crippen molar-refractivity contribution in [2.45, 2.75) is 60.3 Å². The first kappa shape index (κ1) is 26.0. The fourth-order valence-corrected chi connectivity index (χ4v) is 3.62. The summed E-state index contributed by atoms with van der Waals surface area (Å²) in [5, 5.41) is 10.7. The van der Waals surface area contributed by atoms with Crippen molar-refractivity contribution in [3.63, 3.8) is 0 Å². The van der Waals surface area contributed by atoms with Crippen LogP contribution in [0.4, 0.5) is 16.3 Å². The topological polar surface area (TPSA) is 79.3 Å². The summed E-state index contributed by atoms with van der Waals surface area (Å²) in [5.41, 5.74) is 5.66. The van der Waals surface area contributed by atoms with Crippen molar-refractivity contribution in [3.05, 3.63) is 70.9 Å². The second-order valence-corrected chi connectivity index (χ2v) is 10.1. The lowest BCUT2D eigenvalue weighted by atomic mass is 9.92. The Morgan fingerprint density at radius 3 is 2.23 bits per heavy atom. The molecule has 7 nitrogen and oxygen atoms in total. The smallest absolute Gasteiger partial charge is 0.315 e. The van der Waals surface area contributed by atoms with E-state index in [4.69, 9.17) is 5.10 Å². The zero-order valence-corrected chi connectivity index (χ0v) is 21.9. The number of aromatic nitrogens is 2. The molecule has 0 saturated heterocycles. The van der Waals surface area contributed by atoms with Crippen LogP contribution in [0, 0.1) is 20.8 Å². The number of aryl methyl sites for hydroxylation is 3. The van der Waals surface area contributed by atoms with E-state index >= 15 is 0 Å². The van der Waals surface area contributed by atoms with Gasteiger partial charge in [-0.25, -0.2) is 9.48 Å². The fourth-order valence-electron chi connectivity index (χ4n) is 3.62. The van der Waals surface area contributed by atoms with Crippen LogP contribution in [0.5, 0.6) is 0 Å². The molecule has 35 heavy (non-hydrogen) atoms. The van der Waals surface area contributed by atoms with Gasteiger partial charge in [0.15, 0.2) is 0 Å². The number of urea groups is 1. The van der Waals surface area contributed by atoms with Crippen molar-refractivity contribution in [1.82, 2.24) is 14.7 Å². The number of nitrogens with one attached hydrogen (secondary N) is 2. The SMILES string of the molecule is CCCN(CC(=O)Nc1cc(C(C)(C)C)nn1-c1ccc(C)cc1)C(=O)Nc1ccc(C)c(C)c1. The fraction of sp³-hybridized carbons (Fsp3) is 0.393. The summed E-state index contributed by atoms with van der Waals surface area (Å²) in [7, 11) is 0. The second-order valence-electron chi connectivity index (χ2n) is 10.1. The van der Waals surface area contributed by atoms with Crippen molar-refractivity contribution in [1.29, 1.82) is 0 Å². The molecule has 3 aromatic rings. The van der Waals surface area contributed by atoms with Crippen LogP contribution < -0.4 is 10.6 Å². The summed E-state index contributed by atoms with van der Waals surface area (Å²) in [6.07, 6.45) is 0.739. The van der Waals surface area contributed by atoms with Crippen molar-refractivity contribution in [2.75, 3.05) is 23.7 Å². The highest BCUT2D eigenvalue weighted by Gasteiger charge is 2.23. The maximum Gasteiger partial charge on any atom is 0.322 e. The first-order chi connectivity index (χ1) is 16.5. The quantitative estimate of drug-likeness (QED) is 0.441. The molecule has 0 radical (unpaired) electrons. The molecule has 186 valence electrons. The first-order valence-electron chi connectivity index (χ1n) is 12.1. The molecule has 0 aliphatic rings. The minimum absolute atomic E-state index is 0.0611. The largest absolute Gasteiger partial charge is 0.322 e. The average Bonchev–Trinajstić information content (AvgIpc) is 3.20. The van der Waals surface area contributed by atoms with Gasteiger partial charge in [-0.2, -0.15) is 5.10 Å². The average molecular weight is 476 g/mol. The van der Waals surface area contributed by atoms with Gasteiger partial charge in [-0.1, -0.05) is 51.5 Å². The number of nitrogens with zero attached hydrogens (tertiary/aromatic N) is 3. The van der Waals surface area contributed by atoms with Gasteiger partial charge in [0, 0.05) is 23.7 Å². The van der Waals surface area contributed by atoms with Crippen LogP contribution in [0.2, 0.25) is 0 Å². The Kier molecular flexibility index (Phi) is 7.99. The van der Waals surface area contributed by atoms with Crippen molar-refractivity contribution in [3.8, 4) is 5.69 Å². The lowest BCUT2D eigenvalue weighted by Gasteiger charge is -2.22. The molecule has 0 aliphatic heterocycles. The number of anilines is 2. The molecular formula is C28H37N5O2. The summed E-state index contributed by atoms with van der Waals surface area (Å²) < 4.78 is 1.75. The maximum absolute atomic E-state index is 13.1. The molecule has 3 rings (SSSR count). The summed E-state index contributed by atoms with van der Waals surface area (Å²) in [4.78, 5) is 27.6. The standard InChI is InChI=1S/C28H37N5O2/c1-8-15-32(27(35)29-22-12-11-20(3)21(4)16-22)18-26(34)30-25-17-24(28(5,6)7)31-33(25)23-13-9-19(2)10-14-23/h9-14,16-17H,8,15,18H2,1-7H3,(H,29,35)(H,30,34). The summed E-state index contributed by atoms with van der Waals surface area (Å²) in [5.74, 6) is 0.303. The van der Waals surface area contributed by atoms with E-state index in [-0.39, 0.29) is 23.9 Å². The van der Waals surface area contributed by atoms with E-state index in [1.165, 1.54) is 4.90 Å². The third-order valence-corrected chi connectivity index (χ3v) is 5.90. The van der Waals surface area contributed by atoms with Gasteiger partial charge in [-0.3, -0.25) is 4.79 Å². The number of carbonyl (C=O) groups is 2. The van der Waals surface area contributed by atoms with Crippen LogP contribution in [0.3, 0.4) is 0 Å². The molecule has 3 amide bonds. The molecule has 1 aromatic heterocycles. The van der Waals surface area contributed by atoms with Gasteiger partial charge in [0.05, 0.1) is 11.4 Å². The molecule has 0 spiro atoms. The lowest BCUT2D eigenvalue weighted by molar-refractivity contribution is -0.116. The van der Waals surface area contributed by atoms with Crippen molar-refractivity contribution >= 4 is 23.4 Å². The highest BCUT2D eigenvalue weighted by atomic mass is 16.2. The number of rotatable bonds is 7. The van der Waals surface area contributed by atoms with Crippen LogP contribution in [0.25, 0.3) is 5.69 Å². The highest BCUT2D eigenvalue weighted by molar-refractivity contribution is 5.96. The van der Waals surface area contributed by atoms with Crippen LogP contribution in [0.15, 0.2) is 48.5 Å². The van der Waals surface area contributed by atoms with Gasteiger partial charge < -0.3 is 15.5 Å². The summed E-state index contributed by atoms with van der Waals surface area (Å²) >= 11 is 0. The Morgan fingerprint density at radius 1 is 0.943 bits per heavy atom. The number of hydrogen-bond donors (Lipinski definition) is 2. The van der Waals surface area contributed by atoms with Gasteiger partial charge in [-0.05, 0) is 62.6 Å². The van der Waals surface area contributed by atoms with E-state index < -0.39 is 0 Å². The minimum atomic E-state index is -0.298. The zero-order valence-electron chi connectivity index (χ0n) is 21.9. The van der Waals surface area contributed by atoms with Gasteiger partial charge in [0.2, 0.25) is 5.91 Å². The van der Waals surface area contributed by atoms with E-state index in [1.807, 2.05) is 76.2 Å². The third kappa shape index (κ3) is 6.72. The Morgan fingerprint density at radius 2 is 1.63 bits per heavy atom. The Balaban J connectivity index is 1.79. The van der Waals surface area contributed by atoms with Crippen LogP contribution in [-0.2, 0) is 10.2 Å². The van der Waals surface area contributed by atoms with Crippen LogP contribution in [-0.4, -0.2) is 39.7 Å². The van der Waals surface area contributed by atoms with Crippen molar-refractivity contribution in [2.24, 2.45) is 0 Å². The normalized spacial score (nSPS) is 11.3. The highest BCUT2D eigenvalue weighted by Crippen LogP contribution is 2.26. The monoisotopic (exact) mass is 475 g/mol. The number of hydrogen-bond acceptors (Lipinski definition) is 3. The molecule has 0 saturated carbocycles. The van der Waals surface area contributed by atoms with Crippen molar-refractivity contribution < 1.29 is 9.59 Å². The predicted octanol–water partition coefficient (Wildman–Crippen LogP) is 5.98. The van der Waals surface area contributed by atoms with E-state index in [0.717, 1.165) is 34.5 Å². The third-order valence-electron chi connectivity index (χ3n) is 5.90. The molecule has 0 fully saturated rings. The van der Waals surface area contributed by atoms with E-state index in [9.17, 15) is 9.59 Å². The number of benzene rings is 2. The summed E-state index contributed by atoms with van der Waals surface area (Å²) in [6.45, 7) is 14.7. The van der Waals surface area contributed by atoms with Gasteiger partial charge in [0.25, 0.3) is 0 Å².